The van der Waals surface area contributed by atoms with Crippen molar-refractivity contribution >= 4 is 54.6 Å². The Bertz CT molecular complexity index is 2780. The third kappa shape index (κ3) is 4.15. The molecular formula is C43H25N3O2. The zero-order valence-corrected chi connectivity index (χ0v) is 25.6. The molecule has 0 fully saturated rings. The SMILES string of the molecule is c1ccc(-c2nc(-c3ccccc3)nc(-c3ccc(-c4cccc5c4oc4ccccc45)c4oc5cc6ccccc6cc5c34)n2)cc1. The molecule has 0 atom stereocenters. The fraction of sp³-hybridized carbons (Fsp3) is 0. The summed E-state index contributed by atoms with van der Waals surface area (Å²) < 4.78 is 13.3. The van der Waals surface area contributed by atoms with Gasteiger partial charge in [-0.25, -0.2) is 15.0 Å². The molecule has 48 heavy (non-hydrogen) atoms. The molecule has 0 spiro atoms. The van der Waals surface area contributed by atoms with E-state index in [2.05, 4.69) is 72.8 Å². The van der Waals surface area contributed by atoms with Crippen LogP contribution in [0.5, 0.6) is 0 Å². The Hall–Kier alpha value is -6.59. The van der Waals surface area contributed by atoms with E-state index < -0.39 is 0 Å². The van der Waals surface area contributed by atoms with Gasteiger partial charge in [-0.05, 0) is 41.1 Å². The van der Waals surface area contributed by atoms with Crippen molar-refractivity contribution in [2.45, 2.75) is 0 Å². The van der Waals surface area contributed by atoms with Gasteiger partial charge in [-0.1, -0.05) is 121 Å². The van der Waals surface area contributed by atoms with E-state index in [1.54, 1.807) is 0 Å². The minimum absolute atomic E-state index is 0.581. The van der Waals surface area contributed by atoms with Gasteiger partial charge in [-0.3, -0.25) is 0 Å². The van der Waals surface area contributed by atoms with Gasteiger partial charge in [0.2, 0.25) is 0 Å². The van der Waals surface area contributed by atoms with E-state index in [-0.39, 0.29) is 0 Å². The second-order valence-corrected chi connectivity index (χ2v) is 12.0. The number of rotatable bonds is 4. The Morgan fingerprint density at radius 3 is 1.67 bits per heavy atom. The van der Waals surface area contributed by atoms with Crippen LogP contribution in [0.1, 0.15) is 0 Å². The molecule has 0 aliphatic carbocycles. The Balaban J connectivity index is 1.30. The van der Waals surface area contributed by atoms with Gasteiger partial charge < -0.3 is 8.83 Å². The molecule has 5 nitrogen and oxygen atoms in total. The first kappa shape index (κ1) is 26.6. The van der Waals surface area contributed by atoms with Crippen LogP contribution < -0.4 is 0 Å². The third-order valence-electron chi connectivity index (χ3n) is 9.12. The van der Waals surface area contributed by atoms with Gasteiger partial charge in [0.05, 0.1) is 0 Å². The number of aromatic nitrogens is 3. The molecule has 0 aliphatic rings. The van der Waals surface area contributed by atoms with Crippen molar-refractivity contribution in [1.82, 2.24) is 15.0 Å². The van der Waals surface area contributed by atoms with Crippen LogP contribution in [0.2, 0.25) is 0 Å². The van der Waals surface area contributed by atoms with Crippen molar-refractivity contribution in [3.8, 4) is 45.3 Å². The number of furan rings is 2. The second kappa shape index (κ2) is 10.5. The molecule has 7 aromatic carbocycles. The number of hydrogen-bond acceptors (Lipinski definition) is 5. The number of fused-ring (bicyclic) bond motifs is 7. The number of nitrogens with zero attached hydrogens (tertiary/aromatic N) is 3. The van der Waals surface area contributed by atoms with E-state index in [0.717, 1.165) is 82.5 Å². The topological polar surface area (TPSA) is 65.0 Å². The molecule has 10 rings (SSSR count). The largest absolute Gasteiger partial charge is 0.455 e. The highest BCUT2D eigenvalue weighted by atomic mass is 16.3. The van der Waals surface area contributed by atoms with E-state index in [9.17, 15) is 0 Å². The highest BCUT2D eigenvalue weighted by molar-refractivity contribution is 6.20. The molecule has 0 bridgehead atoms. The summed E-state index contributed by atoms with van der Waals surface area (Å²) in [5, 5.41) is 6.36. The predicted octanol–water partition coefficient (Wildman–Crippen LogP) is 11.5. The first-order valence-corrected chi connectivity index (χ1v) is 15.9. The highest BCUT2D eigenvalue weighted by Gasteiger charge is 2.23. The minimum atomic E-state index is 0.581. The number of hydrogen-bond donors (Lipinski definition) is 0. The van der Waals surface area contributed by atoms with Crippen LogP contribution in [0.15, 0.2) is 160 Å². The summed E-state index contributed by atoms with van der Waals surface area (Å²) in [6.07, 6.45) is 0. The lowest BCUT2D eigenvalue weighted by Crippen LogP contribution is -2.00. The molecule has 0 saturated heterocycles. The van der Waals surface area contributed by atoms with Crippen LogP contribution in [0.4, 0.5) is 0 Å². The summed E-state index contributed by atoms with van der Waals surface area (Å²) in [5.41, 5.74) is 7.87. The molecular weight excluding hydrogens is 590 g/mol. The second-order valence-electron chi connectivity index (χ2n) is 12.0. The molecule has 5 heteroatoms. The first-order chi connectivity index (χ1) is 23.8. The lowest BCUT2D eigenvalue weighted by molar-refractivity contribution is 0.665. The first-order valence-electron chi connectivity index (χ1n) is 15.9. The number of benzene rings is 7. The molecule has 10 aromatic rings. The molecule has 0 unspecified atom stereocenters. The van der Waals surface area contributed by atoms with Gasteiger partial charge in [0, 0.05) is 49.4 Å². The van der Waals surface area contributed by atoms with Crippen LogP contribution in [0.25, 0.3) is 99.9 Å². The van der Waals surface area contributed by atoms with Crippen molar-refractivity contribution in [2.75, 3.05) is 0 Å². The van der Waals surface area contributed by atoms with Crippen molar-refractivity contribution < 1.29 is 8.83 Å². The molecule has 0 aliphatic heterocycles. The molecule has 224 valence electrons. The van der Waals surface area contributed by atoms with Crippen molar-refractivity contribution in [3.63, 3.8) is 0 Å². The lowest BCUT2D eigenvalue weighted by atomic mass is 9.96. The van der Waals surface area contributed by atoms with Gasteiger partial charge in [0.25, 0.3) is 0 Å². The maximum Gasteiger partial charge on any atom is 0.164 e. The zero-order valence-electron chi connectivity index (χ0n) is 25.6. The Morgan fingerprint density at radius 2 is 0.917 bits per heavy atom. The van der Waals surface area contributed by atoms with Crippen molar-refractivity contribution in [2.24, 2.45) is 0 Å². The fourth-order valence-electron chi connectivity index (χ4n) is 6.85. The average molecular weight is 616 g/mol. The maximum absolute atomic E-state index is 6.85. The van der Waals surface area contributed by atoms with E-state index in [1.165, 1.54) is 0 Å². The van der Waals surface area contributed by atoms with Crippen LogP contribution in [-0.4, -0.2) is 15.0 Å². The fourth-order valence-corrected chi connectivity index (χ4v) is 6.85. The molecule has 0 saturated carbocycles. The van der Waals surface area contributed by atoms with Crippen LogP contribution in [0.3, 0.4) is 0 Å². The molecule has 0 radical (unpaired) electrons. The van der Waals surface area contributed by atoms with E-state index >= 15 is 0 Å². The minimum Gasteiger partial charge on any atom is -0.455 e. The Morgan fingerprint density at radius 1 is 0.354 bits per heavy atom. The quantitative estimate of drug-likeness (QED) is 0.197. The molecule has 0 amide bonds. The van der Waals surface area contributed by atoms with Crippen molar-refractivity contribution in [3.05, 3.63) is 152 Å². The summed E-state index contributed by atoms with van der Waals surface area (Å²) in [5.74, 6) is 1.81. The van der Waals surface area contributed by atoms with Crippen molar-refractivity contribution in [1.29, 1.82) is 0 Å². The van der Waals surface area contributed by atoms with Gasteiger partial charge in [0.1, 0.15) is 22.3 Å². The van der Waals surface area contributed by atoms with E-state index in [0.29, 0.717) is 17.5 Å². The summed E-state index contributed by atoms with van der Waals surface area (Å²) in [6, 6.07) is 51.5. The molecule has 3 aromatic heterocycles. The zero-order chi connectivity index (χ0) is 31.6. The van der Waals surface area contributed by atoms with Gasteiger partial charge >= 0.3 is 0 Å². The molecule has 3 heterocycles. The predicted molar refractivity (Wildman–Crippen MR) is 194 cm³/mol. The normalized spacial score (nSPS) is 11.8. The van der Waals surface area contributed by atoms with Crippen LogP contribution in [0, 0.1) is 0 Å². The Labute approximate surface area is 274 Å². The Kier molecular flexibility index (Phi) is 5.81. The van der Waals surface area contributed by atoms with Gasteiger partial charge in [-0.2, -0.15) is 0 Å². The van der Waals surface area contributed by atoms with Crippen LogP contribution in [-0.2, 0) is 0 Å². The smallest absolute Gasteiger partial charge is 0.164 e. The van der Waals surface area contributed by atoms with Gasteiger partial charge in [-0.15, -0.1) is 0 Å². The number of para-hydroxylation sites is 2. The summed E-state index contributed by atoms with van der Waals surface area (Å²) in [7, 11) is 0. The highest BCUT2D eigenvalue weighted by Crippen LogP contribution is 2.45. The third-order valence-corrected chi connectivity index (χ3v) is 9.12. The van der Waals surface area contributed by atoms with E-state index in [4.69, 9.17) is 23.8 Å². The summed E-state index contributed by atoms with van der Waals surface area (Å²) >= 11 is 0. The summed E-state index contributed by atoms with van der Waals surface area (Å²) in [4.78, 5) is 15.1. The lowest BCUT2D eigenvalue weighted by Gasteiger charge is -2.11. The van der Waals surface area contributed by atoms with Crippen LogP contribution >= 0.6 is 0 Å². The standard InChI is InChI=1S/C43H25N3O2/c1-3-12-26(13-4-1)41-44-42(27-14-5-2-6-15-27)46-43(45-41)34-23-22-33(32-20-11-19-31-30-18-9-10-21-36(30)47-39(31)32)40-38(34)35-24-28-16-7-8-17-29(28)25-37(35)48-40/h1-25H. The molecule has 0 N–H and O–H groups in total. The monoisotopic (exact) mass is 615 g/mol. The van der Waals surface area contributed by atoms with Gasteiger partial charge in [0.15, 0.2) is 17.5 Å². The average Bonchev–Trinajstić information content (AvgIpc) is 3.73. The maximum atomic E-state index is 6.85. The van der Waals surface area contributed by atoms with E-state index in [1.807, 2.05) is 78.9 Å². The summed E-state index contributed by atoms with van der Waals surface area (Å²) in [6.45, 7) is 0.